The van der Waals surface area contributed by atoms with Crippen LogP contribution in [0.4, 0.5) is 0 Å². The molecule has 7 heteroatoms. The Labute approximate surface area is 123 Å². The number of rotatable bonds is 7. The summed E-state index contributed by atoms with van der Waals surface area (Å²) in [6, 6.07) is -0.381. The Morgan fingerprint density at radius 2 is 2.15 bits per heavy atom. The molecule has 1 aromatic rings. The molecule has 0 spiro atoms. The van der Waals surface area contributed by atoms with Gasteiger partial charge in [-0.15, -0.1) is 0 Å². The zero-order chi connectivity index (χ0) is 15.3. The van der Waals surface area contributed by atoms with E-state index in [1.165, 1.54) is 0 Å². The first kappa shape index (κ1) is 16.6. The fourth-order valence-corrected chi connectivity index (χ4v) is 2.67. The molecular formula is C13H21N3O3S. The van der Waals surface area contributed by atoms with Crippen molar-refractivity contribution in [3.05, 3.63) is 11.9 Å². The molecule has 1 N–H and O–H groups in total. The van der Waals surface area contributed by atoms with Gasteiger partial charge in [-0.3, -0.25) is 9.59 Å². The van der Waals surface area contributed by atoms with Gasteiger partial charge >= 0.3 is 5.97 Å². The van der Waals surface area contributed by atoms with E-state index >= 15 is 0 Å². The number of nitrogens with zero attached hydrogens (tertiary/aromatic N) is 3. The van der Waals surface area contributed by atoms with Crippen molar-refractivity contribution >= 4 is 23.6 Å². The molecule has 1 rings (SSSR count). The van der Waals surface area contributed by atoms with Gasteiger partial charge in [0.15, 0.2) is 5.16 Å². The van der Waals surface area contributed by atoms with E-state index in [1.54, 1.807) is 18.1 Å². The lowest BCUT2D eigenvalue weighted by atomic mass is 10.2. The zero-order valence-electron chi connectivity index (χ0n) is 12.3. The third-order valence-corrected chi connectivity index (χ3v) is 4.07. The molecule has 0 saturated carbocycles. The normalized spacial score (nSPS) is 12.2. The fourth-order valence-electron chi connectivity index (χ4n) is 1.87. The van der Waals surface area contributed by atoms with Crippen molar-refractivity contribution in [3.8, 4) is 0 Å². The van der Waals surface area contributed by atoms with E-state index < -0.39 is 5.97 Å². The van der Waals surface area contributed by atoms with Gasteiger partial charge in [0.2, 0.25) is 5.91 Å². The van der Waals surface area contributed by atoms with Gasteiger partial charge in [-0.1, -0.05) is 18.7 Å². The minimum absolute atomic E-state index is 0.00243. The van der Waals surface area contributed by atoms with Crippen LogP contribution >= 0.6 is 11.8 Å². The van der Waals surface area contributed by atoms with Crippen molar-refractivity contribution in [2.75, 3.05) is 19.3 Å². The summed E-state index contributed by atoms with van der Waals surface area (Å²) in [5.41, 5.74) is 0.934. The molecule has 112 valence electrons. The summed E-state index contributed by atoms with van der Waals surface area (Å²) in [5, 5.41) is 9.35. The van der Waals surface area contributed by atoms with Gasteiger partial charge in [-0.2, -0.15) is 0 Å². The number of likely N-dealkylation sites (N-methyl/N-ethyl adjacent to an activating group) is 1. The number of carbonyl (C=O) groups excluding carboxylic acids is 1. The van der Waals surface area contributed by atoms with Gasteiger partial charge in [-0.25, -0.2) is 4.98 Å². The van der Waals surface area contributed by atoms with Crippen LogP contribution in [-0.4, -0.2) is 50.8 Å². The molecule has 1 amide bonds. The largest absolute Gasteiger partial charge is 0.481 e. The average molecular weight is 299 g/mol. The molecule has 0 bridgehead atoms. The molecule has 0 saturated heterocycles. The van der Waals surface area contributed by atoms with Gasteiger partial charge in [0.1, 0.15) is 6.04 Å². The monoisotopic (exact) mass is 299 g/mol. The van der Waals surface area contributed by atoms with Gasteiger partial charge < -0.3 is 14.6 Å². The van der Waals surface area contributed by atoms with Crippen molar-refractivity contribution in [2.24, 2.45) is 0 Å². The fraction of sp³-hybridized carbons (Fsp3) is 0.615. The second-order valence-corrected chi connectivity index (χ2v) is 5.41. The van der Waals surface area contributed by atoms with E-state index in [0.29, 0.717) is 11.7 Å². The molecule has 1 unspecified atom stereocenters. The molecule has 0 aliphatic heterocycles. The van der Waals surface area contributed by atoms with E-state index in [-0.39, 0.29) is 17.7 Å². The number of hydrogen-bond acceptors (Lipinski definition) is 4. The highest BCUT2D eigenvalue weighted by molar-refractivity contribution is 7.99. The smallest absolute Gasteiger partial charge is 0.313 e. The summed E-state index contributed by atoms with van der Waals surface area (Å²) in [6.45, 7) is 6.36. The second kappa shape index (κ2) is 7.33. The maximum atomic E-state index is 12.3. The van der Waals surface area contributed by atoms with Crippen molar-refractivity contribution in [3.63, 3.8) is 0 Å². The van der Waals surface area contributed by atoms with Crippen LogP contribution in [0, 0.1) is 0 Å². The molecule has 0 fully saturated rings. The average Bonchev–Trinajstić information content (AvgIpc) is 2.85. The SMILES string of the molecule is CCc1cnc(SCC(=O)O)n1C(C)C(=O)N(C)CC. The number of carboxylic acids is 1. The quantitative estimate of drug-likeness (QED) is 0.775. The Bertz CT molecular complexity index is 487. The van der Waals surface area contributed by atoms with E-state index in [2.05, 4.69) is 4.98 Å². The zero-order valence-corrected chi connectivity index (χ0v) is 13.1. The van der Waals surface area contributed by atoms with Crippen LogP contribution in [-0.2, 0) is 16.0 Å². The first-order valence-electron chi connectivity index (χ1n) is 6.57. The number of carbonyl (C=O) groups is 2. The highest BCUT2D eigenvalue weighted by atomic mass is 32.2. The number of thioether (sulfide) groups is 1. The number of aromatic nitrogens is 2. The Hall–Kier alpha value is -1.50. The Balaban J connectivity index is 3.03. The van der Waals surface area contributed by atoms with Crippen LogP contribution in [0.15, 0.2) is 11.4 Å². The van der Waals surface area contributed by atoms with Crippen LogP contribution in [0.3, 0.4) is 0 Å². The number of imidazole rings is 1. The molecule has 6 nitrogen and oxygen atoms in total. The first-order valence-corrected chi connectivity index (χ1v) is 7.56. The number of amides is 1. The Kier molecular flexibility index (Phi) is 6.06. The van der Waals surface area contributed by atoms with Crippen LogP contribution in [0.25, 0.3) is 0 Å². The number of aryl methyl sites for hydroxylation is 1. The summed E-state index contributed by atoms with van der Waals surface area (Å²) < 4.78 is 1.84. The predicted octanol–water partition coefficient (Wildman–Crippen LogP) is 1.66. The molecule has 0 aliphatic rings. The lowest BCUT2D eigenvalue weighted by Crippen LogP contribution is -2.33. The van der Waals surface area contributed by atoms with E-state index in [1.807, 2.05) is 25.3 Å². The maximum absolute atomic E-state index is 12.3. The van der Waals surface area contributed by atoms with Crippen molar-refractivity contribution in [1.82, 2.24) is 14.5 Å². The standard InChI is InChI=1S/C13H21N3O3S/c1-5-10-7-14-13(20-8-11(17)18)16(10)9(3)12(19)15(4)6-2/h7,9H,5-6,8H2,1-4H3,(H,17,18). The van der Waals surface area contributed by atoms with Crippen molar-refractivity contribution in [2.45, 2.75) is 38.4 Å². The number of carboxylic acid groups (broad SMARTS) is 1. The first-order chi connectivity index (χ1) is 9.42. The van der Waals surface area contributed by atoms with Gasteiger partial charge in [0.25, 0.3) is 0 Å². The second-order valence-electron chi connectivity index (χ2n) is 4.47. The van der Waals surface area contributed by atoms with Crippen LogP contribution in [0.2, 0.25) is 0 Å². The molecule has 1 heterocycles. The van der Waals surface area contributed by atoms with Gasteiger partial charge in [0.05, 0.1) is 5.75 Å². The minimum Gasteiger partial charge on any atom is -0.481 e. The van der Waals surface area contributed by atoms with Crippen molar-refractivity contribution < 1.29 is 14.7 Å². The van der Waals surface area contributed by atoms with E-state index in [9.17, 15) is 9.59 Å². The lowest BCUT2D eigenvalue weighted by Gasteiger charge is -2.23. The number of aliphatic carboxylic acids is 1. The highest BCUT2D eigenvalue weighted by Crippen LogP contribution is 2.24. The lowest BCUT2D eigenvalue weighted by molar-refractivity contribution is -0.134. The van der Waals surface area contributed by atoms with Gasteiger partial charge in [-0.05, 0) is 20.3 Å². The summed E-state index contributed by atoms with van der Waals surface area (Å²) in [7, 11) is 1.76. The molecule has 1 atom stereocenters. The van der Waals surface area contributed by atoms with E-state index in [4.69, 9.17) is 5.11 Å². The topological polar surface area (TPSA) is 75.4 Å². The predicted molar refractivity (Wildman–Crippen MR) is 78.0 cm³/mol. The Morgan fingerprint density at radius 3 is 2.65 bits per heavy atom. The van der Waals surface area contributed by atoms with Crippen LogP contribution in [0.1, 0.15) is 32.5 Å². The van der Waals surface area contributed by atoms with E-state index in [0.717, 1.165) is 23.9 Å². The number of hydrogen-bond donors (Lipinski definition) is 1. The molecule has 0 aromatic carbocycles. The molecule has 20 heavy (non-hydrogen) atoms. The van der Waals surface area contributed by atoms with Crippen LogP contribution < -0.4 is 0 Å². The van der Waals surface area contributed by atoms with Crippen LogP contribution in [0.5, 0.6) is 0 Å². The summed E-state index contributed by atoms with van der Waals surface area (Å²) in [6.07, 6.45) is 2.45. The van der Waals surface area contributed by atoms with Crippen molar-refractivity contribution in [1.29, 1.82) is 0 Å². The third kappa shape index (κ3) is 3.75. The molecule has 1 aromatic heterocycles. The third-order valence-electron chi connectivity index (χ3n) is 3.12. The minimum atomic E-state index is -0.896. The molecule has 0 aliphatic carbocycles. The van der Waals surface area contributed by atoms with Gasteiger partial charge in [0, 0.05) is 25.5 Å². The highest BCUT2D eigenvalue weighted by Gasteiger charge is 2.23. The summed E-state index contributed by atoms with van der Waals surface area (Å²) in [5.74, 6) is -0.963. The molecule has 0 radical (unpaired) electrons. The summed E-state index contributed by atoms with van der Waals surface area (Å²) in [4.78, 5) is 28.9. The Morgan fingerprint density at radius 1 is 1.50 bits per heavy atom. The molecular weight excluding hydrogens is 278 g/mol. The maximum Gasteiger partial charge on any atom is 0.313 e. The summed E-state index contributed by atoms with van der Waals surface area (Å²) >= 11 is 1.14.